The summed E-state index contributed by atoms with van der Waals surface area (Å²) in [6.45, 7) is 2.28. The summed E-state index contributed by atoms with van der Waals surface area (Å²) in [7, 11) is 1.53. The van der Waals surface area contributed by atoms with Crippen molar-refractivity contribution >= 4 is 11.0 Å². The van der Waals surface area contributed by atoms with E-state index in [4.69, 9.17) is 13.9 Å². The van der Waals surface area contributed by atoms with Crippen molar-refractivity contribution in [2.24, 2.45) is 0 Å². The minimum atomic E-state index is -0.400. The molecule has 0 saturated heterocycles. The first-order chi connectivity index (χ1) is 10.7. The Hall–Kier alpha value is -2.75. The molecular weight excluding hydrogens is 280 g/mol. The van der Waals surface area contributed by atoms with E-state index in [-0.39, 0.29) is 0 Å². The summed E-state index contributed by atoms with van der Waals surface area (Å²) in [5.41, 5.74) is 1.91. The monoisotopic (exact) mass is 296 g/mol. The second kappa shape index (κ2) is 5.93. The minimum Gasteiger partial charge on any atom is -0.490 e. The molecule has 0 unspecified atom stereocenters. The summed E-state index contributed by atoms with van der Waals surface area (Å²) in [5.74, 6) is 0.988. The van der Waals surface area contributed by atoms with Crippen molar-refractivity contribution in [3.63, 3.8) is 0 Å². The standard InChI is InChI=1S/C18H16O4/c1-12-10-16(19)22-17-14(12)8-9-15(18(17)20-2)21-11-13-6-4-3-5-7-13/h3-10H,11H2,1-2H3. The highest BCUT2D eigenvalue weighted by Gasteiger charge is 2.14. The van der Waals surface area contributed by atoms with Gasteiger partial charge in [0.1, 0.15) is 6.61 Å². The highest BCUT2D eigenvalue weighted by molar-refractivity contribution is 5.87. The summed E-state index contributed by atoms with van der Waals surface area (Å²) in [6, 6.07) is 15.0. The lowest BCUT2D eigenvalue weighted by molar-refractivity contribution is 0.284. The van der Waals surface area contributed by atoms with Crippen molar-refractivity contribution in [1.82, 2.24) is 0 Å². The summed E-state index contributed by atoms with van der Waals surface area (Å²) in [5, 5.41) is 0.837. The fourth-order valence-electron chi connectivity index (χ4n) is 2.38. The number of fused-ring (bicyclic) bond motifs is 1. The van der Waals surface area contributed by atoms with Gasteiger partial charge in [0, 0.05) is 11.5 Å². The van der Waals surface area contributed by atoms with Crippen molar-refractivity contribution in [2.45, 2.75) is 13.5 Å². The predicted molar refractivity (Wildman–Crippen MR) is 84.5 cm³/mol. The molecule has 0 amide bonds. The van der Waals surface area contributed by atoms with Crippen LogP contribution in [0.15, 0.2) is 57.7 Å². The third-order valence-electron chi connectivity index (χ3n) is 3.48. The van der Waals surface area contributed by atoms with E-state index in [1.807, 2.05) is 49.4 Å². The average molecular weight is 296 g/mol. The molecule has 0 aliphatic carbocycles. The molecule has 0 atom stereocenters. The molecule has 1 heterocycles. The zero-order chi connectivity index (χ0) is 15.5. The molecule has 3 rings (SSSR count). The Balaban J connectivity index is 2.01. The number of methoxy groups -OCH3 is 1. The van der Waals surface area contributed by atoms with Gasteiger partial charge in [0.25, 0.3) is 0 Å². The molecule has 0 aliphatic rings. The molecule has 4 nitrogen and oxygen atoms in total. The van der Waals surface area contributed by atoms with E-state index < -0.39 is 5.63 Å². The number of ether oxygens (including phenoxy) is 2. The summed E-state index contributed by atoms with van der Waals surface area (Å²) in [4.78, 5) is 11.6. The molecule has 2 aromatic carbocycles. The molecular formula is C18H16O4. The van der Waals surface area contributed by atoms with E-state index in [2.05, 4.69) is 0 Å². The van der Waals surface area contributed by atoms with Crippen LogP contribution in [0.3, 0.4) is 0 Å². The first-order valence-corrected chi connectivity index (χ1v) is 6.97. The van der Waals surface area contributed by atoms with Gasteiger partial charge in [-0.15, -0.1) is 0 Å². The summed E-state index contributed by atoms with van der Waals surface area (Å²) < 4.78 is 16.5. The number of rotatable bonds is 4. The van der Waals surface area contributed by atoms with Gasteiger partial charge in [-0.25, -0.2) is 4.79 Å². The maximum absolute atomic E-state index is 11.6. The number of hydrogen-bond donors (Lipinski definition) is 0. The molecule has 1 aromatic heterocycles. The minimum absolute atomic E-state index is 0.400. The first-order valence-electron chi connectivity index (χ1n) is 6.97. The van der Waals surface area contributed by atoms with Crippen molar-refractivity contribution in [3.05, 3.63) is 70.1 Å². The molecule has 3 aromatic rings. The molecule has 0 spiro atoms. The quantitative estimate of drug-likeness (QED) is 0.689. The lowest BCUT2D eigenvalue weighted by Gasteiger charge is -2.12. The van der Waals surface area contributed by atoms with Crippen LogP contribution in [0.25, 0.3) is 11.0 Å². The summed E-state index contributed by atoms with van der Waals surface area (Å²) in [6.07, 6.45) is 0. The van der Waals surface area contributed by atoms with Crippen molar-refractivity contribution < 1.29 is 13.9 Å². The molecule has 0 radical (unpaired) electrons. The van der Waals surface area contributed by atoms with Crippen molar-refractivity contribution in [1.29, 1.82) is 0 Å². The maximum Gasteiger partial charge on any atom is 0.336 e. The third kappa shape index (κ3) is 2.68. The van der Waals surface area contributed by atoms with E-state index in [9.17, 15) is 4.79 Å². The molecule has 0 fully saturated rings. The Morgan fingerprint density at radius 1 is 1.09 bits per heavy atom. The fraction of sp³-hybridized carbons (Fsp3) is 0.167. The van der Waals surface area contributed by atoms with Gasteiger partial charge in [-0.2, -0.15) is 0 Å². The van der Waals surface area contributed by atoms with Gasteiger partial charge in [0.15, 0.2) is 11.3 Å². The summed E-state index contributed by atoms with van der Waals surface area (Å²) >= 11 is 0. The van der Waals surface area contributed by atoms with Crippen molar-refractivity contribution in [2.75, 3.05) is 7.11 Å². The van der Waals surface area contributed by atoms with Gasteiger partial charge in [-0.05, 0) is 30.2 Å². The lowest BCUT2D eigenvalue weighted by Crippen LogP contribution is -2.02. The smallest absolute Gasteiger partial charge is 0.336 e. The Bertz CT molecular complexity index is 850. The zero-order valence-corrected chi connectivity index (χ0v) is 12.5. The largest absolute Gasteiger partial charge is 0.490 e. The van der Waals surface area contributed by atoms with E-state index in [1.54, 1.807) is 0 Å². The van der Waals surface area contributed by atoms with Crippen LogP contribution in [-0.2, 0) is 6.61 Å². The number of aryl methyl sites for hydroxylation is 1. The van der Waals surface area contributed by atoms with E-state index >= 15 is 0 Å². The highest BCUT2D eigenvalue weighted by Crippen LogP contribution is 2.36. The Kier molecular flexibility index (Phi) is 3.83. The SMILES string of the molecule is COc1c(OCc2ccccc2)ccc2c(C)cc(=O)oc12. The van der Waals surface area contributed by atoms with Gasteiger partial charge in [0.05, 0.1) is 7.11 Å². The Morgan fingerprint density at radius 3 is 2.59 bits per heavy atom. The van der Waals surface area contributed by atoms with Gasteiger partial charge >= 0.3 is 5.63 Å². The second-order valence-electron chi connectivity index (χ2n) is 5.00. The lowest BCUT2D eigenvalue weighted by atomic mass is 10.1. The van der Waals surface area contributed by atoms with Crippen LogP contribution >= 0.6 is 0 Å². The van der Waals surface area contributed by atoms with Crippen molar-refractivity contribution in [3.8, 4) is 11.5 Å². The molecule has 0 saturated carbocycles. The van der Waals surface area contributed by atoms with Crippen LogP contribution in [0.1, 0.15) is 11.1 Å². The van der Waals surface area contributed by atoms with Crippen LogP contribution in [0.4, 0.5) is 0 Å². The van der Waals surface area contributed by atoms with Crippen LogP contribution in [0, 0.1) is 6.92 Å². The van der Waals surface area contributed by atoms with E-state index in [1.165, 1.54) is 13.2 Å². The van der Waals surface area contributed by atoms with Gasteiger partial charge in [-0.1, -0.05) is 30.3 Å². The molecule has 0 aliphatic heterocycles. The number of benzene rings is 2. The van der Waals surface area contributed by atoms with Crippen LogP contribution in [-0.4, -0.2) is 7.11 Å². The molecule has 22 heavy (non-hydrogen) atoms. The molecule has 0 N–H and O–H groups in total. The Labute approximate surface area is 127 Å². The Morgan fingerprint density at radius 2 is 1.86 bits per heavy atom. The van der Waals surface area contributed by atoms with Gasteiger partial charge in [0.2, 0.25) is 5.75 Å². The predicted octanol–water partition coefficient (Wildman–Crippen LogP) is 3.69. The van der Waals surface area contributed by atoms with Crippen LogP contribution < -0.4 is 15.1 Å². The van der Waals surface area contributed by atoms with E-state index in [0.29, 0.717) is 23.7 Å². The zero-order valence-electron chi connectivity index (χ0n) is 12.5. The van der Waals surface area contributed by atoms with Gasteiger partial charge in [-0.3, -0.25) is 0 Å². The fourth-order valence-corrected chi connectivity index (χ4v) is 2.38. The third-order valence-corrected chi connectivity index (χ3v) is 3.48. The molecule has 112 valence electrons. The highest BCUT2D eigenvalue weighted by atomic mass is 16.5. The molecule has 4 heteroatoms. The average Bonchev–Trinajstić information content (AvgIpc) is 2.53. The second-order valence-corrected chi connectivity index (χ2v) is 5.00. The normalized spacial score (nSPS) is 10.6. The maximum atomic E-state index is 11.6. The van der Waals surface area contributed by atoms with Gasteiger partial charge < -0.3 is 13.9 Å². The van der Waals surface area contributed by atoms with E-state index in [0.717, 1.165) is 16.5 Å². The first kappa shape index (κ1) is 14.2. The topological polar surface area (TPSA) is 48.7 Å². The van der Waals surface area contributed by atoms with Crippen LogP contribution in [0.5, 0.6) is 11.5 Å². The van der Waals surface area contributed by atoms with Crippen LogP contribution in [0.2, 0.25) is 0 Å². The molecule has 0 bridgehead atoms. The number of hydrogen-bond acceptors (Lipinski definition) is 4.